The topological polar surface area (TPSA) is 55.4 Å². The summed E-state index contributed by atoms with van der Waals surface area (Å²) in [4.78, 5) is 25.4. The molecule has 0 saturated heterocycles. The Morgan fingerprint density at radius 3 is 1.97 bits per heavy atom. The Balaban J connectivity index is 1.79. The molecule has 4 nitrogen and oxygen atoms in total. The first-order valence-corrected chi connectivity index (χ1v) is 10.7. The maximum Gasteiger partial charge on any atom is 0.322 e. The second kappa shape index (κ2) is 10.6. The van der Waals surface area contributed by atoms with Gasteiger partial charge in [-0.05, 0) is 41.2 Å². The molecule has 2 atom stereocenters. The maximum absolute atomic E-state index is 13.0. The highest BCUT2D eigenvalue weighted by atomic mass is 16.5. The van der Waals surface area contributed by atoms with Crippen LogP contribution in [0.2, 0.25) is 0 Å². The van der Waals surface area contributed by atoms with E-state index in [-0.39, 0.29) is 11.9 Å². The molecule has 3 aromatic carbocycles. The average Bonchev–Trinajstić information content (AvgIpc) is 2.81. The first kappa shape index (κ1) is 22.3. The predicted octanol–water partition coefficient (Wildman–Crippen LogP) is 5.44. The lowest BCUT2D eigenvalue weighted by atomic mass is 9.94. The first-order valence-electron chi connectivity index (χ1n) is 10.7. The van der Waals surface area contributed by atoms with Gasteiger partial charge in [-0.15, -0.1) is 0 Å². The number of carbonyl (C=O) groups excluding carboxylic acids is 2. The van der Waals surface area contributed by atoms with E-state index in [9.17, 15) is 9.59 Å². The number of hydrogen-bond donors (Lipinski definition) is 1. The summed E-state index contributed by atoms with van der Waals surface area (Å²) in [5, 5.41) is 2.93. The van der Waals surface area contributed by atoms with E-state index in [1.165, 1.54) is 12.7 Å². The van der Waals surface area contributed by atoms with Crippen molar-refractivity contribution in [3.63, 3.8) is 0 Å². The number of ether oxygens (including phenoxy) is 1. The van der Waals surface area contributed by atoms with Gasteiger partial charge in [0.1, 0.15) is 0 Å². The normalized spacial score (nSPS) is 12.6. The largest absolute Gasteiger partial charge is 0.468 e. The van der Waals surface area contributed by atoms with Crippen LogP contribution in [0.5, 0.6) is 0 Å². The minimum atomic E-state index is -1.02. The Kier molecular flexibility index (Phi) is 7.60. The summed E-state index contributed by atoms with van der Waals surface area (Å²) in [6, 6.07) is 25.4. The van der Waals surface area contributed by atoms with Crippen LogP contribution >= 0.6 is 0 Å². The second-order valence-electron chi connectivity index (χ2n) is 7.67. The highest BCUT2D eigenvalue weighted by Gasteiger charge is 2.30. The van der Waals surface area contributed by atoms with Gasteiger partial charge in [0.25, 0.3) is 0 Å². The summed E-state index contributed by atoms with van der Waals surface area (Å²) >= 11 is 0. The molecule has 0 aliphatic rings. The second-order valence-corrected chi connectivity index (χ2v) is 7.67. The molecule has 1 amide bonds. The van der Waals surface area contributed by atoms with Crippen LogP contribution in [-0.4, -0.2) is 19.0 Å². The maximum atomic E-state index is 13.0. The van der Waals surface area contributed by atoms with Crippen LogP contribution < -0.4 is 5.32 Å². The van der Waals surface area contributed by atoms with Gasteiger partial charge < -0.3 is 10.1 Å². The fourth-order valence-corrected chi connectivity index (χ4v) is 3.65. The SMILES string of the molecule is CCCc1ccc(-c2ccc(C(C(=O)NC(C)c3ccccc3)C(=O)OC)cc2)cc1. The van der Waals surface area contributed by atoms with Crippen LogP contribution in [0.1, 0.15) is 48.9 Å². The average molecular weight is 416 g/mol. The summed E-state index contributed by atoms with van der Waals surface area (Å²) in [7, 11) is 1.30. The lowest BCUT2D eigenvalue weighted by Crippen LogP contribution is -2.36. The van der Waals surface area contributed by atoms with Crippen molar-refractivity contribution in [2.75, 3.05) is 7.11 Å². The van der Waals surface area contributed by atoms with Crippen LogP contribution in [-0.2, 0) is 20.7 Å². The van der Waals surface area contributed by atoms with Crippen LogP contribution in [0.25, 0.3) is 11.1 Å². The Morgan fingerprint density at radius 1 is 0.839 bits per heavy atom. The number of carbonyl (C=O) groups is 2. The molecule has 0 bridgehead atoms. The van der Waals surface area contributed by atoms with Gasteiger partial charge in [-0.1, -0.05) is 92.2 Å². The Morgan fingerprint density at radius 2 is 1.42 bits per heavy atom. The van der Waals surface area contributed by atoms with E-state index in [1.54, 1.807) is 0 Å². The molecule has 0 aliphatic heterocycles. The monoisotopic (exact) mass is 415 g/mol. The van der Waals surface area contributed by atoms with Crippen molar-refractivity contribution in [2.45, 2.75) is 38.6 Å². The summed E-state index contributed by atoms with van der Waals surface area (Å²) in [5.74, 6) is -1.97. The van der Waals surface area contributed by atoms with Crippen molar-refractivity contribution < 1.29 is 14.3 Å². The third-order valence-corrected chi connectivity index (χ3v) is 5.43. The summed E-state index contributed by atoms with van der Waals surface area (Å²) in [6.45, 7) is 4.06. The van der Waals surface area contributed by atoms with Crippen molar-refractivity contribution in [1.82, 2.24) is 5.32 Å². The zero-order valence-electron chi connectivity index (χ0n) is 18.3. The molecule has 0 aromatic heterocycles. The number of methoxy groups -OCH3 is 1. The number of amides is 1. The Bertz CT molecular complexity index is 995. The van der Waals surface area contributed by atoms with Gasteiger partial charge in [0.05, 0.1) is 13.2 Å². The van der Waals surface area contributed by atoms with E-state index >= 15 is 0 Å². The van der Waals surface area contributed by atoms with Crippen LogP contribution in [0.4, 0.5) is 0 Å². The molecule has 3 rings (SSSR count). The van der Waals surface area contributed by atoms with E-state index in [4.69, 9.17) is 4.74 Å². The molecule has 160 valence electrons. The third-order valence-electron chi connectivity index (χ3n) is 5.43. The number of rotatable bonds is 8. The molecule has 0 heterocycles. The van der Waals surface area contributed by atoms with E-state index in [2.05, 4.69) is 36.5 Å². The Labute approximate surface area is 184 Å². The smallest absolute Gasteiger partial charge is 0.322 e. The first-order chi connectivity index (χ1) is 15.0. The molecular weight excluding hydrogens is 386 g/mol. The van der Waals surface area contributed by atoms with Crippen molar-refractivity contribution in [1.29, 1.82) is 0 Å². The van der Waals surface area contributed by atoms with E-state index in [0.717, 1.165) is 29.5 Å². The third kappa shape index (κ3) is 5.60. The fourth-order valence-electron chi connectivity index (χ4n) is 3.65. The molecule has 0 saturated carbocycles. The molecule has 0 aliphatic carbocycles. The highest BCUT2D eigenvalue weighted by Crippen LogP contribution is 2.25. The van der Waals surface area contributed by atoms with Gasteiger partial charge in [-0.2, -0.15) is 0 Å². The lowest BCUT2D eigenvalue weighted by Gasteiger charge is -2.19. The molecule has 3 aromatic rings. The summed E-state index contributed by atoms with van der Waals surface area (Å²) < 4.78 is 4.93. The number of hydrogen-bond acceptors (Lipinski definition) is 3. The summed E-state index contributed by atoms with van der Waals surface area (Å²) in [6.07, 6.45) is 2.18. The predicted molar refractivity (Wildman–Crippen MR) is 124 cm³/mol. The van der Waals surface area contributed by atoms with Crippen molar-refractivity contribution in [3.05, 3.63) is 95.6 Å². The van der Waals surface area contributed by atoms with Crippen LogP contribution in [0, 0.1) is 0 Å². The van der Waals surface area contributed by atoms with Crippen LogP contribution in [0.15, 0.2) is 78.9 Å². The van der Waals surface area contributed by atoms with Gasteiger partial charge in [0.2, 0.25) is 5.91 Å². The van der Waals surface area contributed by atoms with Gasteiger partial charge in [-0.25, -0.2) is 0 Å². The molecule has 0 radical (unpaired) electrons. The molecule has 1 N–H and O–H groups in total. The highest BCUT2D eigenvalue weighted by molar-refractivity contribution is 6.03. The number of esters is 1. The molecule has 4 heteroatoms. The van der Waals surface area contributed by atoms with Gasteiger partial charge >= 0.3 is 5.97 Å². The molecule has 2 unspecified atom stereocenters. The van der Waals surface area contributed by atoms with E-state index in [0.29, 0.717) is 5.56 Å². The van der Waals surface area contributed by atoms with E-state index in [1.807, 2.05) is 61.5 Å². The van der Waals surface area contributed by atoms with Gasteiger partial charge in [0.15, 0.2) is 5.92 Å². The zero-order chi connectivity index (χ0) is 22.2. The Hall–Kier alpha value is -3.40. The van der Waals surface area contributed by atoms with Crippen molar-refractivity contribution in [3.8, 4) is 11.1 Å². The van der Waals surface area contributed by atoms with Crippen molar-refractivity contribution >= 4 is 11.9 Å². The quantitative estimate of drug-likeness (QED) is 0.394. The van der Waals surface area contributed by atoms with Crippen molar-refractivity contribution in [2.24, 2.45) is 0 Å². The molecular formula is C27H29NO3. The number of nitrogens with one attached hydrogen (secondary N) is 1. The lowest BCUT2D eigenvalue weighted by molar-refractivity contribution is -0.146. The number of benzene rings is 3. The van der Waals surface area contributed by atoms with Gasteiger partial charge in [-0.3, -0.25) is 9.59 Å². The molecule has 0 spiro atoms. The zero-order valence-corrected chi connectivity index (χ0v) is 18.3. The van der Waals surface area contributed by atoms with Crippen LogP contribution in [0.3, 0.4) is 0 Å². The molecule has 0 fully saturated rings. The van der Waals surface area contributed by atoms with E-state index < -0.39 is 11.9 Å². The summed E-state index contributed by atoms with van der Waals surface area (Å²) in [5.41, 5.74) is 5.03. The number of aryl methyl sites for hydroxylation is 1. The standard InChI is InChI=1S/C27H29NO3/c1-4-8-20-11-13-22(14-12-20)23-15-17-24(18-16-23)25(27(30)31-3)26(29)28-19(2)21-9-6-5-7-10-21/h5-7,9-19,25H,4,8H2,1-3H3,(H,28,29). The fraction of sp³-hybridized carbons (Fsp3) is 0.259. The molecule has 31 heavy (non-hydrogen) atoms. The van der Waals surface area contributed by atoms with Gasteiger partial charge in [0, 0.05) is 0 Å². The minimum Gasteiger partial charge on any atom is -0.468 e. The minimum absolute atomic E-state index is 0.221.